The minimum atomic E-state index is -2.04. The smallest absolute Gasteiger partial charge is 0.254 e. The number of rotatable bonds is 5. The maximum atomic E-state index is 11.9. The molecular formula is C11H15BrN2O3S. The molecule has 1 aromatic carbocycles. The molecule has 1 aromatic rings. The van der Waals surface area contributed by atoms with E-state index < -0.39 is 11.1 Å². The molecule has 0 radical (unpaired) electrons. The van der Waals surface area contributed by atoms with E-state index in [1.165, 1.54) is 0 Å². The topological polar surface area (TPSA) is 78.4 Å². The van der Waals surface area contributed by atoms with E-state index in [9.17, 15) is 9.00 Å². The Bertz CT molecular complexity index is 466. The zero-order chi connectivity index (χ0) is 13.7. The maximum Gasteiger partial charge on any atom is 0.254 e. The molecule has 0 aliphatic rings. The van der Waals surface area contributed by atoms with E-state index in [0.29, 0.717) is 11.3 Å². The van der Waals surface area contributed by atoms with Crippen LogP contribution in [0, 0.1) is 0 Å². The van der Waals surface area contributed by atoms with Gasteiger partial charge in [0.1, 0.15) is 5.88 Å². The lowest BCUT2D eigenvalue weighted by Gasteiger charge is -2.14. The van der Waals surface area contributed by atoms with Crippen LogP contribution in [0.15, 0.2) is 22.7 Å². The third-order valence-corrected chi connectivity index (χ3v) is 2.91. The van der Waals surface area contributed by atoms with Crippen molar-refractivity contribution in [1.29, 1.82) is 0 Å². The van der Waals surface area contributed by atoms with E-state index in [0.717, 1.165) is 4.47 Å². The van der Waals surface area contributed by atoms with E-state index >= 15 is 0 Å². The summed E-state index contributed by atoms with van der Waals surface area (Å²) in [6.45, 7) is 3.93. The average molecular weight is 335 g/mol. The van der Waals surface area contributed by atoms with Gasteiger partial charge in [-0.15, -0.1) is 0 Å². The van der Waals surface area contributed by atoms with E-state index in [1.807, 2.05) is 13.8 Å². The first-order valence-corrected chi connectivity index (χ1v) is 7.38. The maximum absolute atomic E-state index is 11.9. The van der Waals surface area contributed by atoms with Crippen LogP contribution in [0.4, 0.5) is 5.69 Å². The van der Waals surface area contributed by atoms with Crippen molar-refractivity contribution < 1.29 is 13.6 Å². The van der Waals surface area contributed by atoms with Crippen LogP contribution >= 0.6 is 15.9 Å². The molecule has 0 heterocycles. The molecule has 0 aliphatic carbocycles. The van der Waals surface area contributed by atoms with Gasteiger partial charge in [-0.3, -0.25) is 4.79 Å². The van der Waals surface area contributed by atoms with Crippen LogP contribution in [-0.2, 0) is 11.1 Å². The Morgan fingerprint density at radius 2 is 2.17 bits per heavy atom. The van der Waals surface area contributed by atoms with E-state index in [4.69, 9.17) is 4.55 Å². The second kappa shape index (κ2) is 6.86. The summed E-state index contributed by atoms with van der Waals surface area (Å²) >= 11 is 1.29. The molecule has 7 heteroatoms. The lowest BCUT2D eigenvalue weighted by molar-refractivity contribution is 0.0960. The van der Waals surface area contributed by atoms with Crippen LogP contribution in [0.5, 0.6) is 0 Å². The Morgan fingerprint density at radius 3 is 2.72 bits per heavy atom. The molecule has 100 valence electrons. The fraction of sp³-hybridized carbons (Fsp3) is 0.364. The van der Waals surface area contributed by atoms with Crippen LogP contribution in [0.25, 0.3) is 0 Å². The molecular weight excluding hydrogens is 320 g/mol. The summed E-state index contributed by atoms with van der Waals surface area (Å²) in [5.74, 6) is -0.663. The predicted octanol–water partition coefficient (Wildman–Crippen LogP) is 2.18. The monoisotopic (exact) mass is 334 g/mol. The summed E-state index contributed by atoms with van der Waals surface area (Å²) in [7, 11) is 0. The minimum absolute atomic E-state index is 0.179. The van der Waals surface area contributed by atoms with Crippen molar-refractivity contribution in [3.8, 4) is 0 Å². The molecule has 0 aliphatic heterocycles. The molecule has 1 unspecified atom stereocenters. The SMILES string of the molecule is CC(C)Nc1cc(Br)ccc1C(=O)NCS(=O)O. The molecule has 0 saturated heterocycles. The molecule has 0 bridgehead atoms. The van der Waals surface area contributed by atoms with Gasteiger partial charge in [0, 0.05) is 16.2 Å². The van der Waals surface area contributed by atoms with Crippen LogP contribution in [0.2, 0.25) is 0 Å². The van der Waals surface area contributed by atoms with Crippen molar-refractivity contribution in [3.05, 3.63) is 28.2 Å². The van der Waals surface area contributed by atoms with Crippen molar-refractivity contribution in [1.82, 2.24) is 5.32 Å². The van der Waals surface area contributed by atoms with Crippen LogP contribution < -0.4 is 10.6 Å². The highest BCUT2D eigenvalue weighted by Gasteiger charge is 2.12. The molecule has 0 saturated carbocycles. The van der Waals surface area contributed by atoms with Gasteiger partial charge in [0.15, 0.2) is 11.1 Å². The first-order valence-electron chi connectivity index (χ1n) is 5.32. The Balaban J connectivity index is 2.92. The first kappa shape index (κ1) is 15.1. The standard InChI is InChI=1S/C11H15BrN2O3S/c1-7(2)14-10-5-8(12)3-4-9(10)11(15)13-6-18(16)17/h3-5,7,14H,6H2,1-2H3,(H,13,15)(H,16,17). The van der Waals surface area contributed by atoms with Gasteiger partial charge in [0.25, 0.3) is 5.91 Å². The van der Waals surface area contributed by atoms with Crippen molar-refractivity contribution in [2.24, 2.45) is 0 Å². The number of hydrogen-bond acceptors (Lipinski definition) is 3. The highest BCUT2D eigenvalue weighted by atomic mass is 79.9. The zero-order valence-corrected chi connectivity index (χ0v) is 12.5. The molecule has 1 amide bonds. The summed E-state index contributed by atoms with van der Waals surface area (Å²) in [5, 5.41) is 5.54. The lowest BCUT2D eigenvalue weighted by Crippen LogP contribution is -2.28. The molecule has 3 N–H and O–H groups in total. The van der Waals surface area contributed by atoms with E-state index in [1.54, 1.807) is 18.2 Å². The van der Waals surface area contributed by atoms with Gasteiger partial charge >= 0.3 is 0 Å². The van der Waals surface area contributed by atoms with E-state index in [2.05, 4.69) is 26.6 Å². The first-order chi connectivity index (χ1) is 8.40. The number of halogens is 1. The van der Waals surface area contributed by atoms with Crippen LogP contribution in [0.3, 0.4) is 0 Å². The predicted molar refractivity (Wildman–Crippen MR) is 76.0 cm³/mol. The normalized spacial score (nSPS) is 12.3. The second-order valence-corrected chi connectivity index (χ2v) is 5.81. The number of amides is 1. The number of carbonyl (C=O) groups is 1. The number of nitrogens with one attached hydrogen (secondary N) is 2. The Hall–Kier alpha value is -0.920. The van der Waals surface area contributed by atoms with E-state index in [-0.39, 0.29) is 17.8 Å². The van der Waals surface area contributed by atoms with Gasteiger partial charge in [0.05, 0.1) is 5.56 Å². The largest absolute Gasteiger partial charge is 0.382 e. The minimum Gasteiger partial charge on any atom is -0.382 e. The number of benzene rings is 1. The summed E-state index contributed by atoms with van der Waals surface area (Å²) in [6, 6.07) is 5.38. The Kier molecular flexibility index (Phi) is 5.77. The van der Waals surface area contributed by atoms with Gasteiger partial charge in [-0.2, -0.15) is 0 Å². The number of hydrogen-bond donors (Lipinski definition) is 3. The quantitative estimate of drug-likeness (QED) is 0.721. The molecule has 1 rings (SSSR count). The molecule has 0 aromatic heterocycles. The van der Waals surface area contributed by atoms with Crippen molar-refractivity contribution in [2.75, 3.05) is 11.2 Å². The lowest BCUT2D eigenvalue weighted by atomic mass is 10.1. The van der Waals surface area contributed by atoms with Gasteiger partial charge in [-0.1, -0.05) is 15.9 Å². The molecule has 0 fully saturated rings. The van der Waals surface area contributed by atoms with Crippen molar-refractivity contribution in [3.63, 3.8) is 0 Å². The molecule has 5 nitrogen and oxygen atoms in total. The van der Waals surface area contributed by atoms with Crippen LogP contribution in [-0.4, -0.2) is 26.6 Å². The van der Waals surface area contributed by atoms with Crippen molar-refractivity contribution >= 4 is 38.6 Å². The molecule has 18 heavy (non-hydrogen) atoms. The summed E-state index contributed by atoms with van der Waals surface area (Å²) < 4.78 is 20.0. The van der Waals surface area contributed by atoms with Crippen LogP contribution in [0.1, 0.15) is 24.2 Å². The Morgan fingerprint density at radius 1 is 1.50 bits per heavy atom. The summed E-state index contributed by atoms with van der Waals surface area (Å²) in [5.41, 5.74) is 1.12. The van der Waals surface area contributed by atoms with Gasteiger partial charge in [0.2, 0.25) is 0 Å². The average Bonchev–Trinajstić information content (AvgIpc) is 2.25. The fourth-order valence-corrected chi connectivity index (χ4v) is 1.98. The van der Waals surface area contributed by atoms with Gasteiger partial charge in [-0.25, -0.2) is 4.21 Å². The summed E-state index contributed by atoms with van der Waals surface area (Å²) in [6.07, 6.45) is 0. The molecule has 1 atom stereocenters. The Labute approximate surface area is 117 Å². The third-order valence-electron chi connectivity index (χ3n) is 2.03. The highest BCUT2D eigenvalue weighted by Crippen LogP contribution is 2.22. The van der Waals surface area contributed by atoms with Gasteiger partial charge < -0.3 is 15.2 Å². The zero-order valence-electron chi connectivity index (χ0n) is 10.1. The third kappa shape index (κ3) is 4.75. The highest BCUT2D eigenvalue weighted by molar-refractivity contribution is 9.10. The molecule has 0 spiro atoms. The number of carbonyl (C=O) groups excluding carboxylic acids is 1. The fourth-order valence-electron chi connectivity index (χ4n) is 1.37. The van der Waals surface area contributed by atoms with Crippen molar-refractivity contribution in [2.45, 2.75) is 19.9 Å². The summed E-state index contributed by atoms with van der Waals surface area (Å²) in [4.78, 5) is 11.9. The van der Waals surface area contributed by atoms with Gasteiger partial charge in [-0.05, 0) is 32.0 Å². The second-order valence-electron chi connectivity index (χ2n) is 3.96. The number of anilines is 1.